The maximum Gasteiger partial charge on any atom is 0.420 e. The number of ether oxygens (including phenoxy) is 1. The van der Waals surface area contributed by atoms with Crippen LogP contribution < -0.4 is 11.1 Å². The lowest BCUT2D eigenvalue weighted by molar-refractivity contribution is -0.135. The van der Waals surface area contributed by atoms with Crippen LogP contribution in [0.25, 0.3) is 33.6 Å². The summed E-state index contributed by atoms with van der Waals surface area (Å²) in [5.74, 6) is -1.36. The number of hydrogen-bond donors (Lipinski definition) is 1. The van der Waals surface area contributed by atoms with E-state index in [0.29, 0.717) is 28.4 Å². The molecule has 1 atom stereocenters. The van der Waals surface area contributed by atoms with Gasteiger partial charge in [-0.25, -0.2) is 14.6 Å². The number of fused-ring (bicyclic) bond motifs is 1. The Labute approximate surface area is 244 Å². The number of piperidine rings is 1. The van der Waals surface area contributed by atoms with Gasteiger partial charge in [-0.2, -0.15) is 4.98 Å². The van der Waals surface area contributed by atoms with Crippen molar-refractivity contribution in [2.75, 3.05) is 0 Å². The number of benzene rings is 2. The average Bonchev–Trinajstić information content (AvgIpc) is 3.56. The van der Waals surface area contributed by atoms with Crippen LogP contribution >= 0.6 is 0 Å². The first kappa shape index (κ1) is 27.8. The maximum absolute atomic E-state index is 12.6. The van der Waals surface area contributed by atoms with Gasteiger partial charge in [0.15, 0.2) is 5.58 Å². The van der Waals surface area contributed by atoms with Crippen LogP contribution in [0.4, 0.5) is 0 Å². The van der Waals surface area contributed by atoms with Crippen LogP contribution in [-0.2, 0) is 20.7 Å². The Morgan fingerprint density at radius 2 is 1.84 bits per heavy atom. The maximum atomic E-state index is 12.6. The molecule has 43 heavy (non-hydrogen) atoms. The van der Waals surface area contributed by atoms with Gasteiger partial charge in [0.2, 0.25) is 23.5 Å². The number of rotatable bonds is 6. The average molecular weight is 582 g/mol. The highest BCUT2D eigenvalue weighted by Crippen LogP contribution is 2.27. The van der Waals surface area contributed by atoms with Gasteiger partial charge < -0.3 is 13.7 Å². The monoisotopic (exact) mass is 581 g/mol. The third-order valence-electron chi connectivity index (χ3n) is 6.84. The smallest absolute Gasteiger partial charge is 0.420 e. The highest BCUT2D eigenvalue weighted by Gasteiger charge is 2.31. The van der Waals surface area contributed by atoms with Crippen LogP contribution in [0.15, 0.2) is 74.5 Å². The molecule has 1 fully saturated rings. The first-order valence-electron chi connectivity index (χ1n) is 13.6. The van der Waals surface area contributed by atoms with Gasteiger partial charge in [-0.3, -0.25) is 19.5 Å². The number of hydrogen-bond acceptors (Lipinski definition) is 10. The molecule has 218 valence electrons. The molecular weight excluding hydrogens is 554 g/mol. The predicted molar refractivity (Wildman–Crippen MR) is 153 cm³/mol. The van der Waals surface area contributed by atoms with E-state index in [1.54, 1.807) is 57.3 Å². The zero-order valence-corrected chi connectivity index (χ0v) is 23.6. The summed E-state index contributed by atoms with van der Waals surface area (Å²) in [5, 5.41) is 6.42. The second-order valence-electron chi connectivity index (χ2n) is 11.2. The van der Waals surface area contributed by atoms with Gasteiger partial charge in [0.1, 0.15) is 17.3 Å². The topological polar surface area (TPSA) is 159 Å². The molecule has 0 bridgehead atoms. The molecule has 2 amide bonds. The standard InChI is InChI=1S/C31H27N5O7/c1-31(2,3)42-29(39)21-16-19(11-12-32-21)18-5-4-6-20(15-18)27-34-26(43-35-27)14-17-7-9-24-23(13-17)36(30(40)41-24)22-8-10-25(37)33-28(22)38/h4-7,9,11-13,15-16,22H,8,10,14H2,1-3H3,(H,33,37,38). The summed E-state index contributed by atoms with van der Waals surface area (Å²) in [6.07, 6.45) is 2.16. The Morgan fingerprint density at radius 1 is 1.05 bits per heavy atom. The molecule has 0 saturated carbocycles. The fourth-order valence-corrected chi connectivity index (χ4v) is 4.92. The van der Waals surface area contributed by atoms with Crippen molar-refractivity contribution in [1.29, 1.82) is 0 Å². The van der Waals surface area contributed by atoms with Crippen molar-refractivity contribution in [3.05, 3.63) is 88.5 Å². The molecule has 1 aliphatic heterocycles. The molecule has 6 rings (SSSR count). The molecule has 12 nitrogen and oxygen atoms in total. The Morgan fingerprint density at radius 3 is 2.63 bits per heavy atom. The molecule has 4 heterocycles. The SMILES string of the molecule is CC(C)(C)OC(=O)c1cc(-c2cccc(-c3noc(Cc4ccc5oc(=O)n(C6CCC(=O)NC6=O)c5c4)n3)c2)ccn1. The number of carbonyl (C=O) groups is 3. The molecule has 2 aromatic carbocycles. The van der Waals surface area contributed by atoms with E-state index in [0.717, 1.165) is 16.7 Å². The summed E-state index contributed by atoms with van der Waals surface area (Å²) in [4.78, 5) is 57.8. The highest BCUT2D eigenvalue weighted by molar-refractivity contribution is 6.00. The van der Waals surface area contributed by atoms with Crippen LogP contribution in [0.1, 0.15) is 61.6 Å². The van der Waals surface area contributed by atoms with E-state index in [9.17, 15) is 19.2 Å². The number of amides is 2. The van der Waals surface area contributed by atoms with E-state index in [4.69, 9.17) is 13.7 Å². The zero-order valence-electron chi connectivity index (χ0n) is 23.6. The van der Waals surface area contributed by atoms with E-state index in [1.165, 1.54) is 4.57 Å². The number of nitrogens with one attached hydrogen (secondary N) is 1. The van der Waals surface area contributed by atoms with Crippen LogP contribution in [-0.4, -0.2) is 43.1 Å². The number of aromatic nitrogens is 4. The number of esters is 1. The molecule has 1 saturated heterocycles. The summed E-state index contributed by atoms with van der Waals surface area (Å²) in [5.41, 5.74) is 3.40. The van der Waals surface area contributed by atoms with E-state index in [-0.39, 0.29) is 30.9 Å². The number of nitrogens with zero attached hydrogens (tertiary/aromatic N) is 4. The summed E-state index contributed by atoms with van der Waals surface area (Å²) in [6, 6.07) is 15.3. The van der Waals surface area contributed by atoms with Crippen LogP contribution in [0.3, 0.4) is 0 Å². The van der Waals surface area contributed by atoms with Crippen molar-refractivity contribution in [3.8, 4) is 22.5 Å². The molecule has 0 radical (unpaired) electrons. The van der Waals surface area contributed by atoms with Gasteiger partial charge >= 0.3 is 11.7 Å². The fraction of sp³-hybridized carbons (Fsp3) is 0.258. The van der Waals surface area contributed by atoms with Crippen LogP contribution in [0.2, 0.25) is 0 Å². The van der Waals surface area contributed by atoms with Gasteiger partial charge in [0.25, 0.3) is 0 Å². The molecule has 5 aromatic rings. The van der Waals surface area contributed by atoms with Crippen molar-refractivity contribution in [2.24, 2.45) is 0 Å². The minimum Gasteiger partial charge on any atom is -0.455 e. The Kier molecular flexibility index (Phi) is 6.96. The van der Waals surface area contributed by atoms with Gasteiger partial charge in [-0.15, -0.1) is 0 Å². The van der Waals surface area contributed by atoms with E-state index in [1.807, 2.05) is 24.3 Å². The number of oxazole rings is 1. The summed E-state index contributed by atoms with van der Waals surface area (Å²) < 4.78 is 17.6. The van der Waals surface area contributed by atoms with Gasteiger partial charge in [0, 0.05) is 18.2 Å². The lowest BCUT2D eigenvalue weighted by Gasteiger charge is -2.21. The van der Waals surface area contributed by atoms with Crippen molar-refractivity contribution < 1.29 is 28.1 Å². The molecule has 1 unspecified atom stereocenters. The summed E-state index contributed by atoms with van der Waals surface area (Å²) >= 11 is 0. The van der Waals surface area contributed by atoms with E-state index in [2.05, 4.69) is 20.4 Å². The fourth-order valence-electron chi connectivity index (χ4n) is 4.92. The molecule has 1 aliphatic rings. The first-order valence-corrected chi connectivity index (χ1v) is 13.6. The van der Waals surface area contributed by atoms with Gasteiger partial charge in [0.05, 0.1) is 11.9 Å². The van der Waals surface area contributed by atoms with Crippen molar-refractivity contribution >= 4 is 28.9 Å². The van der Waals surface area contributed by atoms with E-state index >= 15 is 0 Å². The molecule has 0 spiro atoms. The first-order chi connectivity index (χ1) is 20.5. The van der Waals surface area contributed by atoms with Gasteiger partial charge in [-0.1, -0.05) is 29.4 Å². The third-order valence-corrected chi connectivity index (χ3v) is 6.84. The quantitative estimate of drug-likeness (QED) is 0.227. The van der Waals surface area contributed by atoms with Crippen LogP contribution in [0, 0.1) is 0 Å². The van der Waals surface area contributed by atoms with Crippen molar-refractivity contribution in [1.82, 2.24) is 25.0 Å². The lowest BCUT2D eigenvalue weighted by atomic mass is 10.0. The van der Waals surface area contributed by atoms with Gasteiger partial charge in [-0.05, 0) is 74.2 Å². The van der Waals surface area contributed by atoms with Crippen LogP contribution in [0.5, 0.6) is 0 Å². The molecular formula is C31H27N5O7. The number of carbonyl (C=O) groups excluding carboxylic acids is 3. The Balaban J connectivity index is 1.23. The molecule has 3 aromatic heterocycles. The number of pyridine rings is 1. The Bertz CT molecular complexity index is 1950. The molecule has 1 N–H and O–H groups in total. The summed E-state index contributed by atoms with van der Waals surface area (Å²) in [7, 11) is 0. The second kappa shape index (κ2) is 10.8. The molecule has 12 heteroatoms. The van der Waals surface area contributed by atoms with Crippen molar-refractivity contribution in [3.63, 3.8) is 0 Å². The highest BCUT2D eigenvalue weighted by atomic mass is 16.6. The largest absolute Gasteiger partial charge is 0.455 e. The molecule has 0 aliphatic carbocycles. The minimum absolute atomic E-state index is 0.132. The number of imide groups is 1. The van der Waals surface area contributed by atoms with E-state index < -0.39 is 29.3 Å². The summed E-state index contributed by atoms with van der Waals surface area (Å²) in [6.45, 7) is 5.40. The zero-order chi connectivity index (χ0) is 30.3. The lowest BCUT2D eigenvalue weighted by Crippen LogP contribution is -2.43. The predicted octanol–water partition coefficient (Wildman–Crippen LogP) is 4.23. The second-order valence-corrected chi connectivity index (χ2v) is 11.2. The van der Waals surface area contributed by atoms with Crippen molar-refractivity contribution in [2.45, 2.75) is 51.7 Å². The minimum atomic E-state index is -0.843. The normalized spacial score (nSPS) is 15.5. The third kappa shape index (κ3) is 5.85. The Hall–Kier alpha value is -5.39.